The summed E-state index contributed by atoms with van der Waals surface area (Å²) in [5.41, 5.74) is 1.89. The van der Waals surface area contributed by atoms with Gasteiger partial charge in [-0.25, -0.2) is 0 Å². The molecule has 1 saturated heterocycles. The van der Waals surface area contributed by atoms with Crippen molar-refractivity contribution in [1.82, 2.24) is 20.4 Å². The van der Waals surface area contributed by atoms with E-state index < -0.39 is 0 Å². The summed E-state index contributed by atoms with van der Waals surface area (Å²) >= 11 is 0. The Morgan fingerprint density at radius 2 is 2.03 bits per heavy atom. The van der Waals surface area contributed by atoms with Gasteiger partial charge in [-0.05, 0) is 76.7 Å². The van der Waals surface area contributed by atoms with Crippen molar-refractivity contribution in [2.24, 2.45) is 4.99 Å². The van der Waals surface area contributed by atoms with Gasteiger partial charge in [0.25, 0.3) is 5.91 Å². The zero-order valence-corrected chi connectivity index (χ0v) is 22.2. The first-order valence-corrected chi connectivity index (χ1v) is 11.6. The summed E-state index contributed by atoms with van der Waals surface area (Å²) in [5, 5.41) is 6.75. The minimum atomic E-state index is 0. The molecule has 1 aliphatic rings. The molecule has 1 heterocycles. The topological polar surface area (TPSA) is 60.0 Å². The standard InChI is InChI=1S/C24H41N5O.HI/c1-5-25-24(26-15-7-9-18-29-17-8-6-11-20(29)2)27-16-14-21-12-10-13-22(19-21)23(30)28(3)4;/h10,12-13,19-20H,5-9,11,14-18H2,1-4H3,(H2,25,26,27);1H. The molecule has 0 bridgehead atoms. The van der Waals surface area contributed by atoms with Gasteiger partial charge in [0.05, 0.1) is 0 Å². The molecule has 1 amide bonds. The molecule has 0 saturated carbocycles. The summed E-state index contributed by atoms with van der Waals surface area (Å²) in [7, 11) is 3.56. The Morgan fingerprint density at radius 3 is 2.74 bits per heavy atom. The molecule has 176 valence electrons. The van der Waals surface area contributed by atoms with E-state index in [4.69, 9.17) is 4.99 Å². The van der Waals surface area contributed by atoms with E-state index in [0.29, 0.717) is 0 Å². The minimum Gasteiger partial charge on any atom is -0.357 e. The predicted molar refractivity (Wildman–Crippen MR) is 142 cm³/mol. The average molecular weight is 544 g/mol. The van der Waals surface area contributed by atoms with E-state index in [1.165, 1.54) is 38.8 Å². The van der Waals surface area contributed by atoms with E-state index in [9.17, 15) is 4.79 Å². The van der Waals surface area contributed by atoms with Crippen LogP contribution in [0, 0.1) is 0 Å². The largest absolute Gasteiger partial charge is 0.357 e. The molecule has 1 aromatic rings. The summed E-state index contributed by atoms with van der Waals surface area (Å²) < 4.78 is 0. The summed E-state index contributed by atoms with van der Waals surface area (Å²) in [4.78, 5) is 21.1. The number of rotatable bonds is 10. The maximum absolute atomic E-state index is 12.1. The highest BCUT2D eigenvalue weighted by atomic mass is 127. The molecular formula is C24H42IN5O. The van der Waals surface area contributed by atoms with Gasteiger partial charge in [-0.3, -0.25) is 9.79 Å². The molecule has 0 aromatic heterocycles. The highest BCUT2D eigenvalue weighted by Crippen LogP contribution is 2.16. The second-order valence-electron chi connectivity index (χ2n) is 8.43. The first-order valence-electron chi connectivity index (χ1n) is 11.6. The Hall–Kier alpha value is -1.35. The van der Waals surface area contributed by atoms with Gasteiger partial charge in [0.1, 0.15) is 0 Å². The van der Waals surface area contributed by atoms with Gasteiger partial charge in [0.15, 0.2) is 5.96 Å². The third kappa shape index (κ3) is 10.2. The van der Waals surface area contributed by atoms with Gasteiger partial charge in [-0.15, -0.1) is 24.0 Å². The van der Waals surface area contributed by atoms with Crippen molar-refractivity contribution < 1.29 is 4.79 Å². The number of carbonyl (C=O) groups excluding carboxylic acids is 1. The molecule has 1 unspecified atom stereocenters. The van der Waals surface area contributed by atoms with Crippen molar-refractivity contribution in [3.63, 3.8) is 0 Å². The summed E-state index contributed by atoms with van der Waals surface area (Å²) in [6.07, 6.45) is 7.26. The van der Waals surface area contributed by atoms with Crippen LogP contribution in [0.5, 0.6) is 0 Å². The van der Waals surface area contributed by atoms with Crippen LogP contribution in [0.15, 0.2) is 29.3 Å². The third-order valence-corrected chi connectivity index (χ3v) is 5.69. The molecule has 1 aliphatic heterocycles. The first-order chi connectivity index (χ1) is 14.5. The Bertz CT molecular complexity index is 680. The van der Waals surface area contributed by atoms with Gasteiger partial charge in [-0.2, -0.15) is 0 Å². The number of benzene rings is 1. The van der Waals surface area contributed by atoms with E-state index in [0.717, 1.165) is 55.6 Å². The smallest absolute Gasteiger partial charge is 0.253 e. The SMILES string of the molecule is CCNC(=NCCCCN1CCCCC1C)NCCc1cccc(C(=O)N(C)C)c1.I. The fourth-order valence-electron chi connectivity index (χ4n) is 3.89. The zero-order valence-electron chi connectivity index (χ0n) is 19.8. The normalized spacial score (nSPS) is 17.0. The summed E-state index contributed by atoms with van der Waals surface area (Å²) in [6, 6.07) is 8.62. The fraction of sp³-hybridized carbons (Fsp3) is 0.667. The lowest BCUT2D eigenvalue weighted by Crippen LogP contribution is -2.38. The van der Waals surface area contributed by atoms with Crippen LogP contribution >= 0.6 is 24.0 Å². The number of halogens is 1. The van der Waals surface area contributed by atoms with Crippen LogP contribution in [0.2, 0.25) is 0 Å². The van der Waals surface area contributed by atoms with Crippen LogP contribution in [-0.2, 0) is 6.42 Å². The quantitative estimate of drug-likeness (QED) is 0.204. The van der Waals surface area contributed by atoms with E-state index in [1.54, 1.807) is 19.0 Å². The van der Waals surface area contributed by atoms with Gasteiger partial charge >= 0.3 is 0 Å². The van der Waals surface area contributed by atoms with Gasteiger partial charge < -0.3 is 20.4 Å². The Morgan fingerprint density at radius 1 is 1.23 bits per heavy atom. The molecule has 6 nitrogen and oxygen atoms in total. The number of nitrogens with zero attached hydrogens (tertiary/aromatic N) is 3. The molecule has 0 spiro atoms. The van der Waals surface area contributed by atoms with Crippen molar-refractivity contribution in [2.45, 2.75) is 58.4 Å². The molecule has 2 rings (SSSR count). The Labute approximate surface area is 206 Å². The molecule has 31 heavy (non-hydrogen) atoms. The number of piperidine rings is 1. The lowest BCUT2D eigenvalue weighted by molar-refractivity contribution is 0.0827. The van der Waals surface area contributed by atoms with E-state index in [1.807, 2.05) is 18.2 Å². The van der Waals surface area contributed by atoms with E-state index in [2.05, 4.69) is 35.4 Å². The number of likely N-dealkylation sites (tertiary alicyclic amines) is 1. The predicted octanol–water partition coefficient (Wildman–Crippen LogP) is 3.76. The Balaban J connectivity index is 0.00000480. The van der Waals surface area contributed by atoms with Crippen molar-refractivity contribution in [3.8, 4) is 0 Å². The molecule has 1 aromatic carbocycles. The maximum Gasteiger partial charge on any atom is 0.253 e. The molecule has 0 aliphatic carbocycles. The molecule has 2 N–H and O–H groups in total. The molecule has 7 heteroatoms. The number of carbonyl (C=O) groups is 1. The van der Waals surface area contributed by atoms with Crippen LogP contribution in [0.25, 0.3) is 0 Å². The van der Waals surface area contributed by atoms with Crippen molar-refractivity contribution in [3.05, 3.63) is 35.4 Å². The zero-order chi connectivity index (χ0) is 21.8. The van der Waals surface area contributed by atoms with Crippen LogP contribution in [0.4, 0.5) is 0 Å². The molecular weight excluding hydrogens is 501 g/mol. The second kappa shape index (κ2) is 15.5. The highest BCUT2D eigenvalue weighted by molar-refractivity contribution is 14.0. The molecule has 0 radical (unpaired) electrons. The van der Waals surface area contributed by atoms with Gasteiger partial charge in [0.2, 0.25) is 0 Å². The fourth-order valence-corrected chi connectivity index (χ4v) is 3.89. The number of nitrogens with one attached hydrogen (secondary N) is 2. The van der Waals surface area contributed by atoms with Gasteiger partial charge in [-0.1, -0.05) is 18.6 Å². The maximum atomic E-state index is 12.1. The Kier molecular flexibility index (Phi) is 13.8. The lowest BCUT2D eigenvalue weighted by atomic mass is 10.0. The van der Waals surface area contributed by atoms with Gasteiger partial charge in [0, 0.05) is 45.3 Å². The van der Waals surface area contributed by atoms with E-state index >= 15 is 0 Å². The van der Waals surface area contributed by atoms with E-state index in [-0.39, 0.29) is 29.9 Å². The van der Waals surface area contributed by atoms with Crippen LogP contribution in [-0.4, -0.2) is 74.5 Å². The number of unbranched alkanes of at least 4 members (excludes halogenated alkanes) is 1. The second-order valence-corrected chi connectivity index (χ2v) is 8.43. The number of amides is 1. The van der Waals surface area contributed by atoms with Crippen molar-refractivity contribution in [2.75, 3.05) is 46.8 Å². The number of guanidine groups is 1. The van der Waals surface area contributed by atoms with Crippen LogP contribution < -0.4 is 10.6 Å². The van der Waals surface area contributed by atoms with Crippen molar-refractivity contribution in [1.29, 1.82) is 0 Å². The summed E-state index contributed by atoms with van der Waals surface area (Å²) in [6.45, 7) is 9.39. The third-order valence-electron chi connectivity index (χ3n) is 5.69. The monoisotopic (exact) mass is 543 g/mol. The summed E-state index contributed by atoms with van der Waals surface area (Å²) in [5.74, 6) is 0.919. The number of hydrogen-bond donors (Lipinski definition) is 2. The lowest BCUT2D eigenvalue weighted by Gasteiger charge is -2.33. The highest BCUT2D eigenvalue weighted by Gasteiger charge is 2.16. The first kappa shape index (κ1) is 27.7. The van der Waals surface area contributed by atoms with Crippen molar-refractivity contribution >= 4 is 35.8 Å². The molecule has 1 fully saturated rings. The number of hydrogen-bond acceptors (Lipinski definition) is 3. The minimum absolute atomic E-state index is 0. The van der Waals surface area contributed by atoms with Crippen LogP contribution in [0.1, 0.15) is 61.9 Å². The average Bonchev–Trinajstić information content (AvgIpc) is 2.74. The molecule has 1 atom stereocenters. The van der Waals surface area contributed by atoms with Crippen LogP contribution in [0.3, 0.4) is 0 Å². The number of aliphatic imine (C=N–C) groups is 1.